The van der Waals surface area contributed by atoms with Crippen LogP contribution in [-0.2, 0) is 16.1 Å². The van der Waals surface area contributed by atoms with Gasteiger partial charge >= 0.3 is 0 Å². The normalized spacial score (nSPS) is 10.9. The second-order valence-corrected chi connectivity index (χ2v) is 5.43. The van der Waals surface area contributed by atoms with Crippen molar-refractivity contribution < 1.29 is 9.53 Å². The molecule has 0 aliphatic rings. The zero-order valence-corrected chi connectivity index (χ0v) is 12.8. The Morgan fingerprint density at radius 2 is 2.38 bits per heavy atom. The SMILES string of the molecule is CCOCCCNC(=O)CCn1cnc2sccc2c1=O. The molecule has 2 aromatic heterocycles. The van der Waals surface area contributed by atoms with Gasteiger partial charge in [-0.05, 0) is 24.8 Å². The molecule has 0 aliphatic heterocycles. The second kappa shape index (κ2) is 7.90. The Morgan fingerprint density at radius 3 is 3.19 bits per heavy atom. The molecule has 2 aromatic rings. The highest BCUT2D eigenvalue weighted by molar-refractivity contribution is 7.16. The van der Waals surface area contributed by atoms with Gasteiger partial charge in [0.25, 0.3) is 5.56 Å². The Labute approximate surface area is 126 Å². The summed E-state index contributed by atoms with van der Waals surface area (Å²) < 4.78 is 6.67. The summed E-state index contributed by atoms with van der Waals surface area (Å²) in [6.45, 7) is 4.21. The van der Waals surface area contributed by atoms with Crippen LogP contribution in [0.15, 0.2) is 22.6 Å². The zero-order chi connectivity index (χ0) is 15.1. The van der Waals surface area contributed by atoms with Crippen molar-refractivity contribution in [2.75, 3.05) is 19.8 Å². The van der Waals surface area contributed by atoms with E-state index in [2.05, 4.69) is 10.3 Å². The van der Waals surface area contributed by atoms with Crippen LogP contribution in [0.2, 0.25) is 0 Å². The van der Waals surface area contributed by atoms with Crippen molar-refractivity contribution in [1.82, 2.24) is 14.9 Å². The van der Waals surface area contributed by atoms with Crippen LogP contribution in [0.25, 0.3) is 10.2 Å². The molecule has 21 heavy (non-hydrogen) atoms. The van der Waals surface area contributed by atoms with E-state index in [0.29, 0.717) is 31.7 Å². The van der Waals surface area contributed by atoms with Crippen molar-refractivity contribution in [2.24, 2.45) is 0 Å². The number of thiophene rings is 1. The van der Waals surface area contributed by atoms with E-state index < -0.39 is 0 Å². The van der Waals surface area contributed by atoms with E-state index in [1.54, 1.807) is 6.07 Å². The first-order valence-corrected chi connectivity index (χ1v) is 7.87. The lowest BCUT2D eigenvalue weighted by molar-refractivity contribution is -0.121. The predicted octanol–water partition coefficient (Wildman–Crippen LogP) is 1.39. The highest BCUT2D eigenvalue weighted by Gasteiger charge is 2.07. The molecule has 0 aromatic carbocycles. The van der Waals surface area contributed by atoms with Crippen LogP contribution in [-0.4, -0.2) is 35.2 Å². The fraction of sp³-hybridized carbons (Fsp3) is 0.500. The maximum atomic E-state index is 12.1. The Kier molecular flexibility index (Phi) is 5.89. The summed E-state index contributed by atoms with van der Waals surface area (Å²) in [6.07, 6.45) is 2.57. The summed E-state index contributed by atoms with van der Waals surface area (Å²) in [5.74, 6) is -0.0659. The molecular weight excluding hydrogens is 290 g/mol. The minimum Gasteiger partial charge on any atom is -0.382 e. The van der Waals surface area contributed by atoms with E-state index >= 15 is 0 Å². The van der Waals surface area contributed by atoms with Crippen LogP contribution in [0.4, 0.5) is 0 Å². The summed E-state index contributed by atoms with van der Waals surface area (Å²) in [7, 11) is 0. The van der Waals surface area contributed by atoms with Gasteiger partial charge in [0.1, 0.15) is 4.83 Å². The Morgan fingerprint density at radius 1 is 1.52 bits per heavy atom. The topological polar surface area (TPSA) is 73.2 Å². The lowest BCUT2D eigenvalue weighted by Crippen LogP contribution is -2.28. The third kappa shape index (κ3) is 4.37. The van der Waals surface area contributed by atoms with Crippen molar-refractivity contribution in [3.8, 4) is 0 Å². The quantitative estimate of drug-likeness (QED) is 0.748. The third-order valence-electron chi connectivity index (χ3n) is 3.02. The number of nitrogens with one attached hydrogen (secondary N) is 1. The maximum absolute atomic E-state index is 12.1. The average Bonchev–Trinajstić information content (AvgIpc) is 2.96. The number of amides is 1. The molecule has 0 aliphatic carbocycles. The Bertz CT molecular complexity index is 650. The first-order chi connectivity index (χ1) is 10.2. The molecule has 0 unspecified atom stereocenters. The number of rotatable bonds is 8. The highest BCUT2D eigenvalue weighted by Crippen LogP contribution is 2.13. The summed E-state index contributed by atoms with van der Waals surface area (Å²) in [5.41, 5.74) is -0.0922. The van der Waals surface area contributed by atoms with E-state index in [-0.39, 0.29) is 17.9 Å². The van der Waals surface area contributed by atoms with Crippen LogP contribution >= 0.6 is 11.3 Å². The van der Waals surface area contributed by atoms with Crippen LogP contribution < -0.4 is 10.9 Å². The molecule has 1 amide bonds. The van der Waals surface area contributed by atoms with Gasteiger partial charge in [-0.25, -0.2) is 4.98 Å². The number of carbonyl (C=O) groups excluding carboxylic acids is 1. The van der Waals surface area contributed by atoms with E-state index in [1.807, 2.05) is 12.3 Å². The number of aromatic nitrogens is 2. The predicted molar refractivity (Wildman–Crippen MR) is 82.6 cm³/mol. The van der Waals surface area contributed by atoms with E-state index in [4.69, 9.17) is 4.74 Å². The Balaban J connectivity index is 1.80. The molecule has 2 heterocycles. The number of ether oxygens (including phenoxy) is 1. The van der Waals surface area contributed by atoms with Gasteiger partial charge < -0.3 is 10.1 Å². The van der Waals surface area contributed by atoms with Gasteiger partial charge in [0.05, 0.1) is 11.7 Å². The molecule has 0 bridgehead atoms. The minimum absolute atomic E-state index is 0.0659. The summed E-state index contributed by atoms with van der Waals surface area (Å²) in [6, 6.07) is 1.76. The smallest absolute Gasteiger partial charge is 0.262 e. The van der Waals surface area contributed by atoms with Gasteiger partial charge in [-0.1, -0.05) is 0 Å². The number of aryl methyl sites for hydroxylation is 1. The van der Waals surface area contributed by atoms with Crippen molar-refractivity contribution >= 4 is 27.5 Å². The fourth-order valence-electron chi connectivity index (χ4n) is 1.91. The molecule has 0 radical (unpaired) electrons. The van der Waals surface area contributed by atoms with Crippen LogP contribution in [0.1, 0.15) is 19.8 Å². The van der Waals surface area contributed by atoms with Gasteiger partial charge in [-0.3, -0.25) is 14.2 Å². The van der Waals surface area contributed by atoms with Gasteiger partial charge in [-0.2, -0.15) is 0 Å². The van der Waals surface area contributed by atoms with Gasteiger partial charge in [-0.15, -0.1) is 11.3 Å². The number of hydrogen-bond acceptors (Lipinski definition) is 5. The lowest BCUT2D eigenvalue weighted by Gasteiger charge is -2.07. The number of hydrogen-bond donors (Lipinski definition) is 1. The van der Waals surface area contributed by atoms with Crippen molar-refractivity contribution in [3.05, 3.63) is 28.1 Å². The van der Waals surface area contributed by atoms with Gasteiger partial charge in [0, 0.05) is 32.7 Å². The molecule has 2 rings (SSSR count). The van der Waals surface area contributed by atoms with Crippen molar-refractivity contribution in [3.63, 3.8) is 0 Å². The van der Waals surface area contributed by atoms with Crippen LogP contribution in [0, 0.1) is 0 Å². The summed E-state index contributed by atoms with van der Waals surface area (Å²) in [4.78, 5) is 28.7. The lowest BCUT2D eigenvalue weighted by atomic mass is 10.3. The number of fused-ring (bicyclic) bond motifs is 1. The average molecular weight is 309 g/mol. The Hall–Kier alpha value is -1.73. The first-order valence-electron chi connectivity index (χ1n) is 6.99. The summed E-state index contributed by atoms with van der Waals surface area (Å²) in [5, 5.41) is 5.26. The number of carbonyl (C=O) groups is 1. The second-order valence-electron chi connectivity index (χ2n) is 4.53. The number of nitrogens with zero attached hydrogens (tertiary/aromatic N) is 2. The molecule has 7 heteroatoms. The molecule has 114 valence electrons. The minimum atomic E-state index is -0.0922. The standard InChI is InChI=1S/C14H19N3O3S/c1-2-20-8-3-6-15-12(18)4-7-17-10-16-13-11(14(17)19)5-9-21-13/h5,9-10H,2-4,6-8H2,1H3,(H,15,18). The monoisotopic (exact) mass is 309 g/mol. The molecule has 0 spiro atoms. The molecule has 0 fully saturated rings. The van der Waals surface area contributed by atoms with Crippen LogP contribution in [0.3, 0.4) is 0 Å². The first kappa shape index (κ1) is 15.7. The molecular formula is C14H19N3O3S. The fourth-order valence-corrected chi connectivity index (χ4v) is 2.63. The molecule has 0 atom stereocenters. The van der Waals surface area contributed by atoms with Gasteiger partial charge in [0.2, 0.25) is 5.91 Å². The van der Waals surface area contributed by atoms with Crippen LogP contribution in [0.5, 0.6) is 0 Å². The highest BCUT2D eigenvalue weighted by atomic mass is 32.1. The molecule has 0 saturated heterocycles. The largest absolute Gasteiger partial charge is 0.382 e. The van der Waals surface area contributed by atoms with E-state index in [9.17, 15) is 9.59 Å². The summed E-state index contributed by atoms with van der Waals surface area (Å²) >= 11 is 1.44. The maximum Gasteiger partial charge on any atom is 0.262 e. The van der Waals surface area contributed by atoms with E-state index in [1.165, 1.54) is 22.2 Å². The zero-order valence-electron chi connectivity index (χ0n) is 12.0. The van der Waals surface area contributed by atoms with Crippen molar-refractivity contribution in [2.45, 2.75) is 26.3 Å². The molecule has 0 saturated carbocycles. The van der Waals surface area contributed by atoms with Crippen molar-refractivity contribution in [1.29, 1.82) is 0 Å². The molecule has 1 N–H and O–H groups in total. The molecule has 6 nitrogen and oxygen atoms in total. The van der Waals surface area contributed by atoms with E-state index in [0.717, 1.165) is 11.3 Å². The third-order valence-corrected chi connectivity index (χ3v) is 3.84. The van der Waals surface area contributed by atoms with Gasteiger partial charge in [0.15, 0.2) is 0 Å².